The van der Waals surface area contributed by atoms with Crippen LogP contribution in [-0.4, -0.2) is 6.09 Å². The molecule has 1 fully saturated rings. The van der Waals surface area contributed by atoms with E-state index < -0.39 is 6.09 Å². The van der Waals surface area contributed by atoms with E-state index in [1.807, 2.05) is 55.5 Å². The van der Waals surface area contributed by atoms with Gasteiger partial charge in [-0.15, -0.1) is 0 Å². The number of hydrogen-bond acceptors (Lipinski definition) is 2. The summed E-state index contributed by atoms with van der Waals surface area (Å²) in [6.07, 6.45) is 1.90. The van der Waals surface area contributed by atoms with Gasteiger partial charge in [-0.25, -0.2) is 4.79 Å². The summed E-state index contributed by atoms with van der Waals surface area (Å²) in [5, 5.41) is 2.93. The van der Waals surface area contributed by atoms with Gasteiger partial charge < -0.3 is 10.1 Å². The number of ether oxygens (including phenoxy) is 1. The molecule has 3 rings (SSSR count). The van der Waals surface area contributed by atoms with E-state index in [1.165, 1.54) is 12.8 Å². The molecule has 3 heteroatoms. The maximum Gasteiger partial charge on any atom is 0.413 e. The van der Waals surface area contributed by atoms with Gasteiger partial charge in [0, 0.05) is 5.56 Å². The van der Waals surface area contributed by atoms with Gasteiger partial charge >= 0.3 is 6.09 Å². The molecule has 0 aliphatic heterocycles. The lowest BCUT2D eigenvalue weighted by molar-refractivity contribution is 0.196. The van der Waals surface area contributed by atoms with Crippen LogP contribution < -0.4 is 10.1 Å². The first-order valence-corrected chi connectivity index (χ1v) is 9.32. The number of carbonyl (C=O) groups excluding carboxylic acids is 1. The molecule has 2 aromatic rings. The van der Waals surface area contributed by atoms with Crippen LogP contribution in [0.4, 0.5) is 4.79 Å². The van der Waals surface area contributed by atoms with Crippen LogP contribution in [0.25, 0.3) is 5.57 Å². The number of para-hydroxylation sites is 1. The van der Waals surface area contributed by atoms with E-state index in [2.05, 4.69) is 25.7 Å². The Kier molecular flexibility index (Phi) is 5.46. The van der Waals surface area contributed by atoms with Crippen molar-refractivity contribution in [1.82, 2.24) is 5.32 Å². The number of amides is 1. The van der Waals surface area contributed by atoms with Crippen LogP contribution in [0.3, 0.4) is 0 Å². The largest absolute Gasteiger partial charge is 0.413 e. The molecule has 26 heavy (non-hydrogen) atoms. The predicted molar refractivity (Wildman–Crippen MR) is 106 cm³/mol. The molecule has 136 valence electrons. The van der Waals surface area contributed by atoms with Gasteiger partial charge in [-0.05, 0) is 48.3 Å². The van der Waals surface area contributed by atoms with Gasteiger partial charge in [-0.3, -0.25) is 0 Å². The first-order valence-electron chi connectivity index (χ1n) is 9.32. The Morgan fingerprint density at radius 1 is 1.08 bits per heavy atom. The highest BCUT2D eigenvalue weighted by Crippen LogP contribution is 2.45. The highest BCUT2D eigenvalue weighted by molar-refractivity contribution is 5.78. The second kappa shape index (κ2) is 7.77. The average Bonchev–Trinajstić information content (AvgIpc) is 3.47. The number of nitrogens with one attached hydrogen (secondary N) is 1. The van der Waals surface area contributed by atoms with Gasteiger partial charge in [0.05, 0.1) is 6.04 Å². The first kappa shape index (κ1) is 18.2. The summed E-state index contributed by atoms with van der Waals surface area (Å²) in [7, 11) is 0. The highest BCUT2D eigenvalue weighted by Gasteiger charge is 2.29. The van der Waals surface area contributed by atoms with Crippen molar-refractivity contribution in [2.75, 3.05) is 0 Å². The van der Waals surface area contributed by atoms with E-state index in [0.717, 1.165) is 22.3 Å². The molecule has 0 saturated heterocycles. The Balaban J connectivity index is 1.81. The zero-order chi connectivity index (χ0) is 18.7. The van der Waals surface area contributed by atoms with Gasteiger partial charge in [0.25, 0.3) is 0 Å². The quantitative estimate of drug-likeness (QED) is 0.686. The minimum absolute atomic E-state index is 0.120. The Morgan fingerprint density at radius 3 is 2.38 bits per heavy atom. The highest BCUT2D eigenvalue weighted by atomic mass is 16.6. The number of hydrogen-bond donors (Lipinski definition) is 1. The zero-order valence-corrected chi connectivity index (χ0v) is 15.8. The molecule has 0 radical (unpaired) electrons. The topological polar surface area (TPSA) is 38.3 Å². The van der Waals surface area contributed by atoms with Crippen LogP contribution in [0.5, 0.6) is 5.75 Å². The molecule has 2 aromatic carbocycles. The number of rotatable bonds is 6. The van der Waals surface area contributed by atoms with Crippen LogP contribution in [0.2, 0.25) is 0 Å². The van der Waals surface area contributed by atoms with Gasteiger partial charge in [-0.2, -0.15) is 0 Å². The smallest absolute Gasteiger partial charge is 0.409 e. The molecule has 1 saturated carbocycles. The summed E-state index contributed by atoms with van der Waals surface area (Å²) >= 11 is 0. The molecule has 1 atom stereocenters. The number of carbonyl (C=O) groups is 1. The molecule has 3 nitrogen and oxygen atoms in total. The summed E-state index contributed by atoms with van der Waals surface area (Å²) in [6.45, 7) is 10.4. The van der Waals surface area contributed by atoms with Crippen LogP contribution in [0.1, 0.15) is 62.3 Å². The third-order valence-corrected chi connectivity index (χ3v) is 4.91. The lowest BCUT2D eigenvalue weighted by Gasteiger charge is -2.20. The summed E-state index contributed by atoms with van der Waals surface area (Å²) in [5.74, 6) is 1.43. The van der Waals surface area contributed by atoms with Crippen molar-refractivity contribution in [3.05, 3.63) is 71.8 Å². The van der Waals surface area contributed by atoms with E-state index in [-0.39, 0.29) is 12.0 Å². The standard InChI is InChI=1S/C23H27NO2/c1-15(2)20-11-8-12-21(16(3)18-13-14-18)22(20)26-23(25)24-17(4)19-9-6-5-7-10-19/h5-12,15,17-18H,3,13-14H2,1-2,4H3,(H,24,25)/t17-/m1/s1. The van der Waals surface area contributed by atoms with Crippen molar-refractivity contribution in [3.8, 4) is 5.75 Å². The van der Waals surface area contributed by atoms with E-state index in [4.69, 9.17) is 4.74 Å². The summed E-state index contributed by atoms with van der Waals surface area (Å²) in [6, 6.07) is 15.8. The fraction of sp³-hybridized carbons (Fsp3) is 0.348. The summed E-state index contributed by atoms with van der Waals surface area (Å²) < 4.78 is 5.82. The molecule has 0 bridgehead atoms. The number of allylic oxidation sites excluding steroid dienone is 1. The van der Waals surface area contributed by atoms with Crippen LogP contribution >= 0.6 is 0 Å². The SMILES string of the molecule is C=C(c1cccc(C(C)C)c1OC(=O)N[C@H](C)c1ccccc1)C1CC1. The van der Waals surface area contributed by atoms with E-state index in [1.54, 1.807) is 0 Å². The van der Waals surface area contributed by atoms with Crippen molar-refractivity contribution in [2.24, 2.45) is 5.92 Å². The maximum atomic E-state index is 12.6. The van der Waals surface area contributed by atoms with Crippen molar-refractivity contribution >= 4 is 11.7 Å². The Labute approximate surface area is 156 Å². The maximum absolute atomic E-state index is 12.6. The lowest BCUT2D eigenvalue weighted by atomic mass is 9.94. The second-order valence-electron chi connectivity index (χ2n) is 7.34. The van der Waals surface area contributed by atoms with Crippen molar-refractivity contribution in [3.63, 3.8) is 0 Å². The van der Waals surface area contributed by atoms with Crippen LogP contribution in [-0.2, 0) is 0 Å². The van der Waals surface area contributed by atoms with Crippen LogP contribution in [0, 0.1) is 5.92 Å². The summed E-state index contributed by atoms with van der Waals surface area (Å²) in [5.41, 5.74) is 4.11. The van der Waals surface area contributed by atoms with Crippen LogP contribution in [0.15, 0.2) is 55.1 Å². The van der Waals surface area contributed by atoms with E-state index in [9.17, 15) is 4.79 Å². The Bertz CT molecular complexity index is 791. The Hall–Kier alpha value is -2.55. The molecule has 0 heterocycles. The monoisotopic (exact) mass is 349 g/mol. The third kappa shape index (κ3) is 4.16. The van der Waals surface area contributed by atoms with Gasteiger partial charge in [0.15, 0.2) is 0 Å². The summed E-state index contributed by atoms with van der Waals surface area (Å²) in [4.78, 5) is 12.6. The molecular formula is C23H27NO2. The third-order valence-electron chi connectivity index (χ3n) is 4.91. The molecule has 1 aliphatic carbocycles. The average molecular weight is 349 g/mol. The number of benzene rings is 2. The zero-order valence-electron chi connectivity index (χ0n) is 15.8. The molecule has 0 aromatic heterocycles. The van der Waals surface area contributed by atoms with Crippen molar-refractivity contribution in [2.45, 2.75) is 45.6 Å². The molecular weight excluding hydrogens is 322 g/mol. The van der Waals surface area contributed by atoms with E-state index in [0.29, 0.717) is 11.7 Å². The van der Waals surface area contributed by atoms with Crippen molar-refractivity contribution in [1.29, 1.82) is 0 Å². The fourth-order valence-electron chi connectivity index (χ4n) is 3.15. The first-order chi connectivity index (χ1) is 12.5. The fourth-order valence-corrected chi connectivity index (χ4v) is 3.15. The predicted octanol–water partition coefficient (Wildman–Crippen LogP) is 6.08. The molecule has 1 amide bonds. The molecule has 1 aliphatic rings. The molecule has 0 spiro atoms. The minimum Gasteiger partial charge on any atom is -0.409 e. The van der Waals surface area contributed by atoms with Gasteiger partial charge in [0.1, 0.15) is 5.75 Å². The van der Waals surface area contributed by atoms with E-state index >= 15 is 0 Å². The minimum atomic E-state index is -0.431. The van der Waals surface area contributed by atoms with Gasteiger partial charge in [-0.1, -0.05) is 69.0 Å². The molecule has 0 unspecified atom stereocenters. The lowest BCUT2D eigenvalue weighted by Crippen LogP contribution is -2.30. The molecule has 1 N–H and O–H groups in total. The van der Waals surface area contributed by atoms with Crippen molar-refractivity contribution < 1.29 is 9.53 Å². The van der Waals surface area contributed by atoms with Gasteiger partial charge in [0.2, 0.25) is 0 Å². The second-order valence-corrected chi connectivity index (χ2v) is 7.34. The Morgan fingerprint density at radius 2 is 1.77 bits per heavy atom. The normalized spacial score (nSPS) is 14.8.